The largest absolute Gasteiger partial charge is 0.466 e. The zero-order chi connectivity index (χ0) is 19.3. The highest BCUT2D eigenvalue weighted by molar-refractivity contribution is 5.93. The summed E-state index contributed by atoms with van der Waals surface area (Å²) >= 11 is 0. The fourth-order valence-electron chi connectivity index (χ4n) is 3.38. The lowest BCUT2D eigenvalue weighted by atomic mass is 10.1. The van der Waals surface area contributed by atoms with Crippen LogP contribution >= 0.6 is 0 Å². The summed E-state index contributed by atoms with van der Waals surface area (Å²) in [6.45, 7) is 8.29. The number of likely N-dealkylation sites (tertiary alicyclic amines) is 1. The third kappa shape index (κ3) is 2.78. The van der Waals surface area contributed by atoms with Crippen LogP contribution in [0, 0.1) is 13.8 Å². The van der Waals surface area contributed by atoms with Crippen LogP contribution in [-0.4, -0.2) is 49.1 Å². The number of hydrogen-bond donors (Lipinski definition) is 1. The molecular weight excluding hydrogens is 348 g/mol. The van der Waals surface area contributed by atoms with E-state index < -0.39 is 6.10 Å². The molecule has 0 bridgehead atoms. The lowest BCUT2D eigenvalue weighted by Gasteiger charge is -2.35. The highest BCUT2D eigenvalue weighted by atomic mass is 16.3. The van der Waals surface area contributed by atoms with Gasteiger partial charge >= 0.3 is 0 Å². The van der Waals surface area contributed by atoms with E-state index in [0.717, 1.165) is 11.3 Å². The number of carbonyl (C=O) groups excluding carboxylic acids is 1. The SMILES string of the molecule is C=CCn1c(-c2cc(C)oc2C)cn2cc(C(=O)N3CC(O)C3)nc2c1=O. The van der Waals surface area contributed by atoms with Gasteiger partial charge in [0.05, 0.1) is 11.8 Å². The molecule has 0 unspecified atom stereocenters. The highest BCUT2D eigenvalue weighted by Crippen LogP contribution is 2.26. The van der Waals surface area contributed by atoms with E-state index in [1.807, 2.05) is 19.9 Å². The minimum absolute atomic E-state index is 0.169. The van der Waals surface area contributed by atoms with Crippen molar-refractivity contribution in [2.75, 3.05) is 13.1 Å². The Morgan fingerprint density at radius 1 is 1.41 bits per heavy atom. The first-order valence-electron chi connectivity index (χ1n) is 8.67. The molecule has 1 amide bonds. The summed E-state index contributed by atoms with van der Waals surface area (Å²) in [6, 6.07) is 1.87. The summed E-state index contributed by atoms with van der Waals surface area (Å²) in [5.41, 5.74) is 1.51. The van der Waals surface area contributed by atoms with Gasteiger partial charge in [-0.05, 0) is 19.9 Å². The van der Waals surface area contributed by atoms with Gasteiger partial charge in [0.2, 0.25) is 5.65 Å². The first-order valence-corrected chi connectivity index (χ1v) is 8.67. The molecule has 8 nitrogen and oxygen atoms in total. The van der Waals surface area contributed by atoms with E-state index in [9.17, 15) is 14.7 Å². The summed E-state index contributed by atoms with van der Waals surface area (Å²) in [7, 11) is 0. The Balaban J connectivity index is 1.87. The number of hydrogen-bond acceptors (Lipinski definition) is 5. The number of allylic oxidation sites excluding steroid dienone is 1. The second-order valence-corrected chi connectivity index (χ2v) is 6.77. The van der Waals surface area contributed by atoms with Crippen molar-refractivity contribution in [3.63, 3.8) is 0 Å². The predicted molar refractivity (Wildman–Crippen MR) is 98.7 cm³/mol. The second kappa shape index (κ2) is 6.24. The van der Waals surface area contributed by atoms with Gasteiger partial charge in [-0.1, -0.05) is 6.08 Å². The molecule has 0 spiro atoms. The summed E-state index contributed by atoms with van der Waals surface area (Å²) in [4.78, 5) is 31.2. The number of aliphatic hydroxyl groups excluding tert-OH is 1. The Hall–Kier alpha value is -3.13. The maximum Gasteiger partial charge on any atom is 0.295 e. The smallest absolute Gasteiger partial charge is 0.295 e. The number of carbonyl (C=O) groups is 1. The van der Waals surface area contributed by atoms with E-state index in [1.54, 1.807) is 27.4 Å². The molecule has 4 rings (SSSR count). The molecule has 1 fully saturated rings. The molecule has 0 aromatic carbocycles. The molecule has 1 saturated heterocycles. The first-order chi connectivity index (χ1) is 12.9. The van der Waals surface area contributed by atoms with Gasteiger partial charge < -0.3 is 14.4 Å². The van der Waals surface area contributed by atoms with Gasteiger partial charge in [-0.25, -0.2) is 4.98 Å². The van der Waals surface area contributed by atoms with Crippen molar-refractivity contribution in [3.8, 4) is 11.3 Å². The number of furan rings is 1. The Bertz CT molecular complexity index is 1110. The van der Waals surface area contributed by atoms with Crippen LogP contribution < -0.4 is 5.56 Å². The number of aryl methyl sites for hydroxylation is 2. The van der Waals surface area contributed by atoms with Crippen molar-refractivity contribution in [2.24, 2.45) is 0 Å². The number of imidazole rings is 1. The van der Waals surface area contributed by atoms with E-state index in [-0.39, 0.29) is 35.9 Å². The van der Waals surface area contributed by atoms with Gasteiger partial charge in [0.1, 0.15) is 17.2 Å². The molecule has 0 radical (unpaired) electrons. The zero-order valence-electron chi connectivity index (χ0n) is 15.2. The second-order valence-electron chi connectivity index (χ2n) is 6.77. The van der Waals surface area contributed by atoms with Crippen molar-refractivity contribution in [2.45, 2.75) is 26.5 Å². The third-order valence-electron chi connectivity index (χ3n) is 4.72. The number of rotatable bonds is 4. The number of amides is 1. The van der Waals surface area contributed by atoms with E-state index in [2.05, 4.69) is 11.6 Å². The number of nitrogens with zero attached hydrogens (tertiary/aromatic N) is 4. The molecule has 27 heavy (non-hydrogen) atoms. The fraction of sp³-hybridized carbons (Fsp3) is 0.316. The van der Waals surface area contributed by atoms with Crippen LogP contribution in [0.4, 0.5) is 0 Å². The fourth-order valence-corrected chi connectivity index (χ4v) is 3.38. The Morgan fingerprint density at radius 3 is 2.74 bits per heavy atom. The van der Waals surface area contributed by atoms with Crippen LogP contribution in [0.15, 0.2) is 40.3 Å². The van der Waals surface area contributed by atoms with Crippen molar-refractivity contribution in [3.05, 3.63) is 58.7 Å². The minimum Gasteiger partial charge on any atom is -0.466 e. The molecule has 3 aromatic heterocycles. The summed E-state index contributed by atoms with van der Waals surface area (Å²) in [5, 5.41) is 9.39. The molecule has 1 aliphatic heterocycles. The first kappa shape index (κ1) is 17.3. The number of aliphatic hydroxyl groups is 1. The Morgan fingerprint density at radius 2 is 2.15 bits per heavy atom. The Labute approximate surface area is 155 Å². The van der Waals surface area contributed by atoms with Crippen LogP contribution in [-0.2, 0) is 6.54 Å². The van der Waals surface area contributed by atoms with Crippen LogP contribution in [0.1, 0.15) is 22.0 Å². The molecule has 1 N–H and O–H groups in total. The molecule has 3 aromatic rings. The summed E-state index contributed by atoms with van der Waals surface area (Å²) < 4.78 is 8.75. The predicted octanol–water partition coefficient (Wildman–Crippen LogP) is 1.38. The van der Waals surface area contributed by atoms with Crippen molar-refractivity contribution in [1.29, 1.82) is 0 Å². The van der Waals surface area contributed by atoms with Crippen LogP contribution in [0.25, 0.3) is 16.9 Å². The monoisotopic (exact) mass is 368 g/mol. The van der Waals surface area contributed by atoms with E-state index in [0.29, 0.717) is 18.0 Å². The van der Waals surface area contributed by atoms with Crippen molar-refractivity contribution in [1.82, 2.24) is 18.9 Å². The molecule has 4 heterocycles. The normalized spacial score (nSPS) is 14.6. The molecule has 8 heteroatoms. The summed E-state index contributed by atoms with van der Waals surface area (Å²) in [6.07, 6.45) is 4.47. The maximum absolute atomic E-state index is 13.0. The van der Waals surface area contributed by atoms with Gasteiger partial charge in [-0.15, -0.1) is 6.58 Å². The van der Waals surface area contributed by atoms with Gasteiger partial charge in [0.25, 0.3) is 11.5 Å². The lowest BCUT2D eigenvalue weighted by Crippen LogP contribution is -2.53. The van der Waals surface area contributed by atoms with Gasteiger partial charge in [-0.2, -0.15) is 0 Å². The van der Waals surface area contributed by atoms with E-state index in [1.165, 1.54) is 4.90 Å². The van der Waals surface area contributed by atoms with Crippen molar-refractivity contribution < 1.29 is 14.3 Å². The van der Waals surface area contributed by atoms with Gasteiger partial charge in [0.15, 0.2) is 0 Å². The van der Waals surface area contributed by atoms with Crippen molar-refractivity contribution >= 4 is 11.6 Å². The van der Waals surface area contributed by atoms with Crippen LogP contribution in [0.3, 0.4) is 0 Å². The topological polar surface area (TPSA) is 93.0 Å². The molecule has 140 valence electrons. The molecule has 0 atom stereocenters. The third-order valence-corrected chi connectivity index (χ3v) is 4.72. The number of fused-ring (bicyclic) bond motifs is 1. The molecule has 1 aliphatic rings. The van der Waals surface area contributed by atoms with E-state index in [4.69, 9.17) is 4.42 Å². The number of β-amino-alcohol motifs (C(OH)–C–C–N with tert-alkyl or cyclic N) is 1. The van der Waals surface area contributed by atoms with Gasteiger partial charge in [-0.3, -0.25) is 18.6 Å². The maximum atomic E-state index is 13.0. The van der Waals surface area contributed by atoms with Crippen LogP contribution in [0.2, 0.25) is 0 Å². The average molecular weight is 368 g/mol. The minimum atomic E-state index is -0.491. The Kier molecular flexibility index (Phi) is 4.00. The van der Waals surface area contributed by atoms with Crippen LogP contribution in [0.5, 0.6) is 0 Å². The quantitative estimate of drug-likeness (QED) is 0.702. The molecular formula is C19H20N4O4. The van der Waals surface area contributed by atoms with E-state index >= 15 is 0 Å². The van der Waals surface area contributed by atoms with Gasteiger partial charge in [0, 0.05) is 37.6 Å². The zero-order valence-corrected chi connectivity index (χ0v) is 15.2. The summed E-state index contributed by atoms with van der Waals surface area (Å²) in [5.74, 6) is 1.16. The average Bonchev–Trinajstić information content (AvgIpc) is 3.17. The highest BCUT2D eigenvalue weighted by Gasteiger charge is 2.31. The molecule has 0 aliphatic carbocycles. The number of aromatic nitrogens is 3. The standard InChI is InChI=1S/C19H20N4O4/c1-4-5-23-16(14-6-11(2)27-12(14)3)10-21-9-15(20-17(21)19(23)26)18(25)22-7-13(24)8-22/h4,6,9-10,13,24H,1,5,7-8H2,2-3H3. The molecule has 0 saturated carbocycles. The lowest BCUT2D eigenvalue weighted by molar-refractivity contribution is 0.00555.